The van der Waals surface area contributed by atoms with Crippen LogP contribution in [0.3, 0.4) is 0 Å². The van der Waals surface area contributed by atoms with Gasteiger partial charge in [-0.15, -0.1) is 0 Å². The minimum absolute atomic E-state index is 0.215. The van der Waals surface area contributed by atoms with Gasteiger partial charge in [0.1, 0.15) is 12.1 Å². The first-order valence-electron chi connectivity index (χ1n) is 14.3. The Morgan fingerprint density at radius 3 is 2.05 bits per heavy atom. The first kappa shape index (κ1) is 33.0. The normalized spacial score (nSPS) is 12.9. The predicted octanol–water partition coefficient (Wildman–Crippen LogP) is 3.47. The van der Waals surface area contributed by atoms with Crippen molar-refractivity contribution >= 4 is 34.4 Å². The topological polar surface area (TPSA) is 116 Å². The molecule has 0 heterocycles. The lowest BCUT2D eigenvalue weighted by Gasteiger charge is -2.35. The molecular formula is C34H43N5O4. The zero-order valence-electron chi connectivity index (χ0n) is 25.9. The third kappa shape index (κ3) is 9.51. The van der Waals surface area contributed by atoms with Crippen molar-refractivity contribution < 1.29 is 19.2 Å². The summed E-state index contributed by atoms with van der Waals surface area (Å²) in [4.78, 5) is 55.7. The molecule has 3 aromatic rings. The molecule has 43 heavy (non-hydrogen) atoms. The van der Waals surface area contributed by atoms with Gasteiger partial charge in [-0.3, -0.25) is 29.6 Å². The quantitative estimate of drug-likeness (QED) is 0.264. The van der Waals surface area contributed by atoms with Crippen LogP contribution in [0.2, 0.25) is 0 Å². The molecule has 3 rings (SSSR count). The molecule has 9 nitrogen and oxygen atoms in total. The van der Waals surface area contributed by atoms with Crippen molar-refractivity contribution in [2.24, 2.45) is 5.73 Å². The summed E-state index contributed by atoms with van der Waals surface area (Å²) in [6, 6.07) is 21.4. The second-order valence-electron chi connectivity index (χ2n) is 11.7. The second-order valence-corrected chi connectivity index (χ2v) is 11.7. The summed E-state index contributed by atoms with van der Waals surface area (Å²) < 4.78 is 0. The van der Waals surface area contributed by atoms with E-state index in [0.29, 0.717) is 6.42 Å². The highest BCUT2D eigenvalue weighted by Crippen LogP contribution is 2.20. The first-order valence-corrected chi connectivity index (χ1v) is 14.3. The fourth-order valence-electron chi connectivity index (χ4n) is 4.66. The molecule has 3 aromatic carbocycles. The van der Waals surface area contributed by atoms with Gasteiger partial charge in [-0.05, 0) is 48.2 Å². The summed E-state index contributed by atoms with van der Waals surface area (Å²) in [6.45, 7) is 5.07. The highest BCUT2D eigenvalue weighted by atomic mass is 16.2. The van der Waals surface area contributed by atoms with E-state index in [1.165, 1.54) is 29.8 Å². The molecule has 9 heteroatoms. The summed E-state index contributed by atoms with van der Waals surface area (Å²) in [5, 5.41) is 3.18. The average Bonchev–Trinajstić information content (AvgIpc) is 2.97. The van der Waals surface area contributed by atoms with Crippen molar-refractivity contribution in [2.75, 3.05) is 21.1 Å². The van der Waals surface area contributed by atoms with Gasteiger partial charge in [-0.1, -0.05) is 78.9 Å². The van der Waals surface area contributed by atoms with E-state index in [-0.39, 0.29) is 24.7 Å². The van der Waals surface area contributed by atoms with Gasteiger partial charge in [0, 0.05) is 46.4 Å². The number of hydrogen-bond acceptors (Lipinski definition) is 5. The molecule has 0 saturated carbocycles. The van der Waals surface area contributed by atoms with Crippen molar-refractivity contribution in [3.05, 3.63) is 96.1 Å². The number of nitrogens with one attached hydrogen (secondary N) is 1. The maximum atomic E-state index is 14.3. The molecule has 0 unspecified atom stereocenters. The van der Waals surface area contributed by atoms with Crippen LogP contribution >= 0.6 is 0 Å². The van der Waals surface area contributed by atoms with Crippen LogP contribution in [-0.4, -0.2) is 77.2 Å². The van der Waals surface area contributed by atoms with E-state index in [1.54, 1.807) is 20.2 Å². The maximum absolute atomic E-state index is 14.3. The average molecular weight is 586 g/mol. The van der Waals surface area contributed by atoms with Gasteiger partial charge in [0.25, 0.3) is 5.91 Å². The lowest BCUT2D eigenvalue weighted by Crippen LogP contribution is -2.57. The standard InChI is InChI=1S/C34H43N5O4/c1-24(40)39(6)36-32(42)29(22-25-13-8-7-9-14-25)38(5)33(43)30(37(4)31(41)17-12-20-34(2,3)35)23-26-18-19-27-15-10-11-16-28(27)21-26/h7-19,21,29-30H,20,22-23,35H2,1-6H3,(H,36,42)/b17-12+/t29-,30-/m0/s1. The number of nitrogens with zero attached hydrogens (tertiary/aromatic N) is 3. The number of likely N-dealkylation sites (N-methyl/N-ethyl adjacent to an activating group) is 2. The summed E-state index contributed by atoms with van der Waals surface area (Å²) in [5.74, 6) is -1.62. The summed E-state index contributed by atoms with van der Waals surface area (Å²) in [6.07, 6.45) is 4.08. The van der Waals surface area contributed by atoms with E-state index < -0.39 is 29.4 Å². The Balaban J connectivity index is 1.97. The lowest BCUT2D eigenvalue weighted by molar-refractivity contribution is -0.148. The molecule has 0 saturated heterocycles. The van der Waals surface area contributed by atoms with E-state index >= 15 is 0 Å². The third-order valence-electron chi connectivity index (χ3n) is 7.39. The molecule has 0 aliphatic heterocycles. The van der Waals surface area contributed by atoms with Crippen LogP contribution in [0.25, 0.3) is 10.8 Å². The number of carbonyl (C=O) groups excluding carboxylic acids is 4. The van der Waals surface area contributed by atoms with Crippen molar-refractivity contribution in [3.8, 4) is 0 Å². The molecular weight excluding hydrogens is 542 g/mol. The molecule has 0 spiro atoms. The van der Waals surface area contributed by atoms with Gasteiger partial charge in [0.15, 0.2) is 0 Å². The van der Waals surface area contributed by atoms with Crippen LogP contribution in [-0.2, 0) is 32.0 Å². The van der Waals surface area contributed by atoms with Crippen LogP contribution < -0.4 is 11.2 Å². The Labute approximate surface area is 254 Å². The van der Waals surface area contributed by atoms with E-state index in [1.807, 2.05) is 86.6 Å². The number of benzene rings is 3. The van der Waals surface area contributed by atoms with Gasteiger partial charge in [-0.2, -0.15) is 0 Å². The molecule has 0 bridgehead atoms. The Morgan fingerprint density at radius 2 is 1.42 bits per heavy atom. The fourth-order valence-corrected chi connectivity index (χ4v) is 4.66. The predicted molar refractivity (Wildman–Crippen MR) is 170 cm³/mol. The summed E-state index contributed by atoms with van der Waals surface area (Å²) in [5.41, 5.74) is 9.89. The molecule has 0 aliphatic rings. The molecule has 0 aliphatic carbocycles. The summed E-state index contributed by atoms with van der Waals surface area (Å²) >= 11 is 0. The lowest BCUT2D eigenvalue weighted by atomic mass is 9.98. The van der Waals surface area contributed by atoms with Crippen molar-refractivity contribution in [1.29, 1.82) is 0 Å². The number of amides is 4. The zero-order chi connectivity index (χ0) is 31.7. The molecule has 228 valence electrons. The molecule has 2 atom stereocenters. The van der Waals surface area contributed by atoms with Gasteiger partial charge < -0.3 is 15.5 Å². The number of fused-ring (bicyclic) bond motifs is 1. The number of hydrogen-bond donors (Lipinski definition) is 2. The van der Waals surface area contributed by atoms with E-state index in [9.17, 15) is 19.2 Å². The van der Waals surface area contributed by atoms with E-state index in [4.69, 9.17) is 5.73 Å². The monoisotopic (exact) mass is 585 g/mol. The van der Waals surface area contributed by atoms with Crippen molar-refractivity contribution in [2.45, 2.75) is 57.7 Å². The minimum atomic E-state index is -0.951. The molecule has 0 radical (unpaired) electrons. The number of nitrogens with two attached hydrogens (primary N) is 1. The van der Waals surface area contributed by atoms with Crippen molar-refractivity contribution in [3.63, 3.8) is 0 Å². The van der Waals surface area contributed by atoms with Gasteiger partial charge >= 0.3 is 0 Å². The van der Waals surface area contributed by atoms with Gasteiger partial charge in [0.2, 0.25) is 17.7 Å². The van der Waals surface area contributed by atoms with Crippen LogP contribution in [0.4, 0.5) is 0 Å². The summed E-state index contributed by atoms with van der Waals surface area (Å²) in [7, 11) is 4.60. The van der Waals surface area contributed by atoms with E-state index in [2.05, 4.69) is 5.43 Å². The largest absolute Gasteiger partial charge is 0.332 e. The van der Waals surface area contributed by atoms with Crippen LogP contribution in [0.15, 0.2) is 84.9 Å². The molecule has 0 aromatic heterocycles. The SMILES string of the molecule is CC(=O)N(C)NC(=O)[C@H](Cc1ccccc1)N(C)C(=O)[C@H](Cc1ccc2ccccc2c1)N(C)C(=O)/C=C/CC(C)(C)N. The number of carbonyl (C=O) groups is 4. The first-order chi connectivity index (χ1) is 20.3. The highest BCUT2D eigenvalue weighted by molar-refractivity contribution is 5.95. The minimum Gasteiger partial charge on any atom is -0.332 e. The third-order valence-corrected chi connectivity index (χ3v) is 7.39. The Hall–Kier alpha value is -4.50. The molecule has 3 N–H and O–H groups in total. The fraction of sp³-hybridized carbons (Fsp3) is 0.353. The molecule has 4 amide bonds. The zero-order valence-corrected chi connectivity index (χ0v) is 25.9. The van der Waals surface area contributed by atoms with Gasteiger partial charge in [0.05, 0.1) is 0 Å². The Bertz CT molecular complexity index is 1460. The van der Waals surface area contributed by atoms with Crippen LogP contribution in [0.5, 0.6) is 0 Å². The smallest absolute Gasteiger partial charge is 0.261 e. The number of rotatable bonds is 11. The van der Waals surface area contributed by atoms with Gasteiger partial charge in [-0.25, -0.2) is 0 Å². The Morgan fingerprint density at radius 1 is 0.814 bits per heavy atom. The maximum Gasteiger partial charge on any atom is 0.261 e. The Kier molecular flexibility index (Phi) is 11.2. The second kappa shape index (κ2) is 14.6. The van der Waals surface area contributed by atoms with Crippen LogP contribution in [0.1, 0.15) is 38.3 Å². The van der Waals surface area contributed by atoms with Crippen LogP contribution in [0, 0.1) is 0 Å². The van der Waals surface area contributed by atoms with E-state index in [0.717, 1.165) is 26.9 Å². The highest BCUT2D eigenvalue weighted by Gasteiger charge is 2.35. The van der Waals surface area contributed by atoms with Crippen molar-refractivity contribution in [1.82, 2.24) is 20.2 Å². The molecule has 0 fully saturated rings. The number of hydrazine groups is 1.